The lowest BCUT2D eigenvalue weighted by atomic mass is 9.84. The van der Waals surface area contributed by atoms with Crippen LogP contribution in [0.3, 0.4) is 0 Å². The Kier molecular flexibility index (Phi) is 8.62. The molecule has 68 heavy (non-hydrogen) atoms. The highest BCUT2D eigenvalue weighted by Crippen LogP contribution is 2.49. The first-order chi connectivity index (χ1) is 33.8. The van der Waals surface area contributed by atoms with Crippen molar-refractivity contribution in [2.75, 3.05) is 0 Å². The van der Waals surface area contributed by atoms with E-state index >= 15 is 0 Å². The van der Waals surface area contributed by atoms with Crippen LogP contribution in [0.15, 0.2) is 255 Å². The van der Waals surface area contributed by atoms with Crippen LogP contribution in [0.5, 0.6) is 0 Å². The molecule has 2 nitrogen and oxygen atoms in total. The third-order valence-corrected chi connectivity index (χ3v) is 14.3. The largest absolute Gasteiger partial charge is 0.309 e. The number of benzene rings is 12. The van der Waals surface area contributed by atoms with E-state index in [-0.39, 0.29) is 0 Å². The molecule has 0 aliphatic rings. The van der Waals surface area contributed by atoms with Crippen LogP contribution in [-0.2, 0) is 0 Å². The van der Waals surface area contributed by atoms with Gasteiger partial charge in [0.25, 0.3) is 0 Å². The predicted octanol–water partition coefficient (Wildman–Crippen LogP) is 18.0. The molecule has 14 aromatic rings. The second kappa shape index (κ2) is 15.3. The lowest BCUT2D eigenvalue weighted by Crippen LogP contribution is -1.97. The molecule has 2 heterocycles. The van der Waals surface area contributed by atoms with Crippen molar-refractivity contribution in [3.63, 3.8) is 0 Å². The van der Waals surface area contributed by atoms with Gasteiger partial charge in [0.15, 0.2) is 0 Å². The molecular formula is C66H42N2. The average molecular weight is 863 g/mol. The van der Waals surface area contributed by atoms with Gasteiger partial charge in [0.2, 0.25) is 0 Å². The topological polar surface area (TPSA) is 9.86 Å². The molecule has 2 heteroatoms. The van der Waals surface area contributed by atoms with Gasteiger partial charge in [-0.1, -0.05) is 212 Å². The summed E-state index contributed by atoms with van der Waals surface area (Å²) in [5.74, 6) is 0. The summed E-state index contributed by atoms with van der Waals surface area (Å²) in [5.41, 5.74) is 16.8. The van der Waals surface area contributed by atoms with Gasteiger partial charge in [-0.2, -0.15) is 0 Å². The lowest BCUT2D eigenvalue weighted by Gasteiger charge is -2.20. The zero-order valence-electron chi connectivity index (χ0n) is 37.1. The van der Waals surface area contributed by atoms with Crippen molar-refractivity contribution in [2.24, 2.45) is 0 Å². The summed E-state index contributed by atoms with van der Waals surface area (Å²) >= 11 is 0. The van der Waals surface area contributed by atoms with E-state index in [0.717, 1.165) is 11.4 Å². The van der Waals surface area contributed by atoms with Crippen LogP contribution in [0.4, 0.5) is 0 Å². The molecule has 0 fully saturated rings. The minimum atomic E-state index is 1.15. The minimum absolute atomic E-state index is 1.15. The molecule has 0 radical (unpaired) electrons. The maximum Gasteiger partial charge on any atom is 0.0619 e. The van der Waals surface area contributed by atoms with Crippen LogP contribution in [-0.4, -0.2) is 9.13 Å². The molecule has 316 valence electrons. The summed E-state index contributed by atoms with van der Waals surface area (Å²) in [5, 5.41) is 12.3. The van der Waals surface area contributed by atoms with Gasteiger partial charge >= 0.3 is 0 Å². The summed E-state index contributed by atoms with van der Waals surface area (Å²) in [6.45, 7) is 0. The molecule has 0 saturated carbocycles. The molecular weight excluding hydrogens is 821 g/mol. The number of para-hydroxylation sites is 6. The van der Waals surface area contributed by atoms with Gasteiger partial charge in [-0.05, 0) is 108 Å². The number of hydrogen-bond donors (Lipinski definition) is 0. The molecule has 0 aliphatic carbocycles. The Labute approximate surface area is 393 Å². The van der Waals surface area contributed by atoms with E-state index in [4.69, 9.17) is 0 Å². The van der Waals surface area contributed by atoms with Gasteiger partial charge in [-0.3, -0.25) is 0 Å². The number of nitrogens with zero attached hydrogens (tertiary/aromatic N) is 2. The molecule has 0 N–H and O–H groups in total. The van der Waals surface area contributed by atoms with E-state index in [1.807, 2.05) is 0 Å². The SMILES string of the molecule is c1ccc(-c2cccc3c(-c4c5cccc(-c6cccc7c8ccccc8n(-c8ccccc8)c67)c5cc5c(-c6cccc7c8ccccc8n(-c8ccccc8)c67)cccc45)cccc23)cc1. The van der Waals surface area contributed by atoms with Crippen molar-refractivity contribution in [3.8, 4) is 55.9 Å². The van der Waals surface area contributed by atoms with Crippen LogP contribution in [0.2, 0.25) is 0 Å². The van der Waals surface area contributed by atoms with E-state index in [1.54, 1.807) is 0 Å². The average Bonchev–Trinajstić information content (AvgIpc) is 3.94. The predicted molar refractivity (Wildman–Crippen MR) is 289 cm³/mol. The Balaban J connectivity index is 1.14. The van der Waals surface area contributed by atoms with Crippen LogP contribution >= 0.6 is 0 Å². The van der Waals surface area contributed by atoms with E-state index in [1.165, 1.54) is 120 Å². The summed E-state index contributed by atoms with van der Waals surface area (Å²) in [7, 11) is 0. The van der Waals surface area contributed by atoms with Crippen molar-refractivity contribution < 1.29 is 0 Å². The van der Waals surface area contributed by atoms with E-state index in [0.29, 0.717) is 0 Å². The smallest absolute Gasteiger partial charge is 0.0619 e. The molecule has 14 rings (SSSR count). The number of hydrogen-bond acceptors (Lipinski definition) is 0. The number of fused-ring (bicyclic) bond motifs is 9. The van der Waals surface area contributed by atoms with Crippen LogP contribution in [0.25, 0.3) is 132 Å². The minimum Gasteiger partial charge on any atom is -0.309 e. The van der Waals surface area contributed by atoms with E-state index in [2.05, 4.69) is 264 Å². The van der Waals surface area contributed by atoms with Crippen LogP contribution in [0.1, 0.15) is 0 Å². The quantitative estimate of drug-likeness (QED) is 0.147. The van der Waals surface area contributed by atoms with Crippen molar-refractivity contribution in [2.45, 2.75) is 0 Å². The highest BCUT2D eigenvalue weighted by molar-refractivity contribution is 6.25. The Morgan fingerprint density at radius 3 is 1.06 bits per heavy atom. The Morgan fingerprint density at radius 1 is 0.206 bits per heavy atom. The van der Waals surface area contributed by atoms with Gasteiger partial charge < -0.3 is 9.13 Å². The van der Waals surface area contributed by atoms with Crippen LogP contribution in [0, 0.1) is 0 Å². The van der Waals surface area contributed by atoms with E-state index in [9.17, 15) is 0 Å². The fourth-order valence-electron chi connectivity index (χ4n) is 11.5. The zero-order valence-corrected chi connectivity index (χ0v) is 37.1. The lowest BCUT2D eigenvalue weighted by molar-refractivity contribution is 1.18. The summed E-state index contributed by atoms with van der Waals surface area (Å²) in [6.07, 6.45) is 0. The van der Waals surface area contributed by atoms with Gasteiger partial charge in [0.05, 0.1) is 22.1 Å². The van der Waals surface area contributed by atoms with Crippen molar-refractivity contribution in [1.29, 1.82) is 0 Å². The maximum atomic E-state index is 2.50. The number of aromatic nitrogens is 2. The fourth-order valence-corrected chi connectivity index (χ4v) is 11.5. The molecule has 0 unspecified atom stereocenters. The second-order valence-corrected chi connectivity index (χ2v) is 17.9. The first-order valence-corrected chi connectivity index (χ1v) is 23.5. The Hall–Kier alpha value is -8.98. The fraction of sp³-hybridized carbons (Fsp3) is 0. The molecule has 2 aromatic heterocycles. The third kappa shape index (κ3) is 5.71. The summed E-state index contributed by atoms with van der Waals surface area (Å²) in [4.78, 5) is 0. The third-order valence-electron chi connectivity index (χ3n) is 14.3. The van der Waals surface area contributed by atoms with Gasteiger partial charge in [-0.25, -0.2) is 0 Å². The molecule has 0 bridgehead atoms. The zero-order chi connectivity index (χ0) is 44.7. The molecule has 0 spiro atoms. The molecule has 0 saturated heterocycles. The maximum absolute atomic E-state index is 2.50. The van der Waals surface area contributed by atoms with Crippen molar-refractivity contribution in [1.82, 2.24) is 9.13 Å². The van der Waals surface area contributed by atoms with Crippen molar-refractivity contribution in [3.05, 3.63) is 255 Å². The highest BCUT2D eigenvalue weighted by atomic mass is 15.0. The Bertz CT molecular complexity index is 4080. The van der Waals surface area contributed by atoms with E-state index < -0.39 is 0 Å². The molecule has 0 aliphatic heterocycles. The molecule has 0 amide bonds. The first-order valence-electron chi connectivity index (χ1n) is 23.5. The van der Waals surface area contributed by atoms with Gasteiger partial charge in [0.1, 0.15) is 0 Å². The van der Waals surface area contributed by atoms with Crippen LogP contribution < -0.4 is 0 Å². The molecule has 12 aromatic carbocycles. The van der Waals surface area contributed by atoms with Gasteiger partial charge in [0, 0.05) is 44.0 Å². The summed E-state index contributed by atoms with van der Waals surface area (Å²) < 4.78 is 4.93. The monoisotopic (exact) mass is 862 g/mol. The second-order valence-electron chi connectivity index (χ2n) is 17.9. The Morgan fingerprint density at radius 2 is 0.559 bits per heavy atom. The molecule has 0 atom stereocenters. The number of rotatable bonds is 6. The van der Waals surface area contributed by atoms with Gasteiger partial charge in [-0.15, -0.1) is 0 Å². The normalized spacial score (nSPS) is 11.8. The summed E-state index contributed by atoms with van der Waals surface area (Å²) in [6, 6.07) is 94.0. The standard InChI is InChI=1S/C66H42N2/c1-4-20-43(21-5-1)46-28-14-30-48-47(46)29-15-33-53(48)64-54-34-16-31-49(56-36-18-38-58-51-26-10-12-40-62(51)67(65(56)58)44-22-6-2-7-23-44)60(54)42-61-50(32-17-35-55(61)64)57-37-19-39-59-52-27-11-13-41-63(52)68(66(57)59)45-24-8-3-9-25-45/h1-42H. The first kappa shape index (κ1) is 38.3. The highest BCUT2D eigenvalue weighted by Gasteiger charge is 2.23. The van der Waals surface area contributed by atoms with Crippen molar-refractivity contribution >= 4 is 75.9 Å².